The van der Waals surface area contributed by atoms with Gasteiger partial charge >= 0.3 is 0 Å². The van der Waals surface area contributed by atoms with Crippen molar-refractivity contribution >= 4 is 33.9 Å². The third-order valence-electron chi connectivity index (χ3n) is 6.37. The van der Waals surface area contributed by atoms with E-state index in [9.17, 15) is 5.11 Å². The van der Waals surface area contributed by atoms with Gasteiger partial charge in [-0.1, -0.05) is 30.7 Å². The lowest BCUT2D eigenvalue weighted by Crippen LogP contribution is -2.29. The van der Waals surface area contributed by atoms with E-state index in [0.29, 0.717) is 29.6 Å². The highest BCUT2D eigenvalue weighted by Gasteiger charge is 2.17. The lowest BCUT2D eigenvalue weighted by Gasteiger charge is -2.27. The van der Waals surface area contributed by atoms with Crippen LogP contribution in [0.4, 0.5) is 23.0 Å². The first-order chi connectivity index (χ1) is 18.8. The largest absolute Gasteiger partial charge is 0.494 e. The number of terminal acetylenes is 1. The van der Waals surface area contributed by atoms with E-state index in [1.165, 1.54) is 6.08 Å². The van der Waals surface area contributed by atoms with E-state index in [2.05, 4.69) is 44.0 Å². The van der Waals surface area contributed by atoms with Crippen molar-refractivity contribution in [3.8, 4) is 29.4 Å². The average molecular weight is 526 g/mol. The Bertz CT molecular complexity index is 1490. The molecule has 4 rings (SSSR count). The second-order valence-corrected chi connectivity index (χ2v) is 9.40. The number of ether oxygens (including phenoxy) is 1. The van der Waals surface area contributed by atoms with Crippen LogP contribution in [0.1, 0.15) is 0 Å². The predicted molar refractivity (Wildman–Crippen MR) is 160 cm³/mol. The summed E-state index contributed by atoms with van der Waals surface area (Å²) >= 11 is 0. The number of fused-ring (bicyclic) bond motifs is 1. The first-order valence-corrected chi connectivity index (χ1v) is 12.6. The Morgan fingerprint density at radius 2 is 1.97 bits per heavy atom. The molecule has 39 heavy (non-hydrogen) atoms. The number of nitrogens with zero attached hydrogens (tertiary/aromatic N) is 5. The van der Waals surface area contributed by atoms with Crippen LogP contribution in [0.15, 0.2) is 67.5 Å². The number of nitrogens with one attached hydrogen (secondary N) is 2. The van der Waals surface area contributed by atoms with Gasteiger partial charge in [-0.15, -0.1) is 6.42 Å². The summed E-state index contributed by atoms with van der Waals surface area (Å²) in [6.07, 6.45) is 9.85. The molecule has 9 heteroatoms. The minimum absolute atomic E-state index is 0.406. The molecule has 0 saturated heterocycles. The Morgan fingerprint density at radius 3 is 2.69 bits per heavy atom. The third kappa shape index (κ3) is 6.32. The monoisotopic (exact) mass is 525 g/mol. The smallest absolute Gasteiger partial charge is 0.227 e. The third-order valence-corrected chi connectivity index (χ3v) is 6.37. The number of likely N-dealkylation sites (N-methyl/N-ethyl adjacent to an activating group) is 2. The standard InChI is InChI=1S/C30H35N7O2/c1-7-15-37-20-22(21-11-9-10-12-26(21)37)23-13-14-31-30(33-23)34-25-18-24(32-29(38)8-2)27(19-28(25)39-6)36(5)17-16-35(3)4/h1,8-14,18-20,29,32,38H,2,15-17H2,3-6H3,(H,31,33,34). The molecule has 2 aromatic heterocycles. The number of aromatic nitrogens is 3. The van der Waals surface area contributed by atoms with Crippen LogP contribution in [0, 0.1) is 12.3 Å². The molecule has 0 radical (unpaired) electrons. The van der Waals surface area contributed by atoms with Gasteiger partial charge in [0.05, 0.1) is 36.4 Å². The van der Waals surface area contributed by atoms with Crippen molar-refractivity contribution in [2.45, 2.75) is 12.8 Å². The summed E-state index contributed by atoms with van der Waals surface area (Å²) in [4.78, 5) is 13.5. The number of hydrogen-bond acceptors (Lipinski definition) is 8. The Balaban J connectivity index is 1.71. The highest BCUT2D eigenvalue weighted by atomic mass is 16.5. The maximum Gasteiger partial charge on any atom is 0.227 e. The Labute approximate surface area is 229 Å². The van der Waals surface area contributed by atoms with E-state index in [1.807, 2.05) is 68.3 Å². The first-order valence-electron chi connectivity index (χ1n) is 12.6. The summed E-state index contributed by atoms with van der Waals surface area (Å²) in [7, 11) is 7.68. The van der Waals surface area contributed by atoms with Crippen LogP contribution in [-0.2, 0) is 6.54 Å². The maximum atomic E-state index is 10.3. The van der Waals surface area contributed by atoms with E-state index in [1.54, 1.807) is 13.3 Å². The summed E-state index contributed by atoms with van der Waals surface area (Å²) in [6, 6.07) is 13.8. The summed E-state index contributed by atoms with van der Waals surface area (Å²) in [5, 5.41) is 17.8. The number of anilines is 4. The summed E-state index contributed by atoms with van der Waals surface area (Å²) in [5.41, 5.74) is 5.00. The van der Waals surface area contributed by atoms with Crippen molar-refractivity contribution in [2.24, 2.45) is 0 Å². The Kier molecular flexibility index (Phi) is 8.71. The Morgan fingerprint density at radius 1 is 1.18 bits per heavy atom. The highest BCUT2D eigenvalue weighted by Crippen LogP contribution is 2.38. The molecule has 2 aromatic carbocycles. The number of rotatable bonds is 12. The van der Waals surface area contributed by atoms with Crippen LogP contribution in [0.25, 0.3) is 22.2 Å². The van der Waals surface area contributed by atoms with Gasteiger partial charge in [0, 0.05) is 55.1 Å². The molecule has 9 nitrogen and oxygen atoms in total. The van der Waals surface area contributed by atoms with Gasteiger partial charge in [-0.25, -0.2) is 9.97 Å². The van der Waals surface area contributed by atoms with Crippen LogP contribution in [0.2, 0.25) is 0 Å². The molecule has 1 atom stereocenters. The molecule has 2 heterocycles. The second-order valence-electron chi connectivity index (χ2n) is 9.40. The van der Waals surface area contributed by atoms with Crippen LogP contribution in [0.3, 0.4) is 0 Å². The molecule has 1 unspecified atom stereocenters. The SMILES string of the molecule is C#CCn1cc(-c2ccnc(Nc3cc(NC(O)C=C)c(N(C)CCN(C)C)cc3OC)n2)c2ccccc21. The number of benzene rings is 2. The van der Waals surface area contributed by atoms with Crippen molar-refractivity contribution in [1.82, 2.24) is 19.4 Å². The van der Waals surface area contributed by atoms with Crippen molar-refractivity contribution in [2.75, 3.05) is 56.9 Å². The zero-order valence-electron chi connectivity index (χ0n) is 22.8. The molecule has 0 bridgehead atoms. The van der Waals surface area contributed by atoms with Crippen LogP contribution >= 0.6 is 0 Å². The van der Waals surface area contributed by atoms with E-state index >= 15 is 0 Å². The fourth-order valence-corrected chi connectivity index (χ4v) is 4.33. The minimum Gasteiger partial charge on any atom is -0.494 e. The van der Waals surface area contributed by atoms with Gasteiger partial charge in [0.15, 0.2) is 0 Å². The number of methoxy groups -OCH3 is 1. The van der Waals surface area contributed by atoms with Gasteiger partial charge in [0.2, 0.25) is 5.95 Å². The molecule has 0 aliphatic carbocycles. The van der Waals surface area contributed by atoms with Crippen LogP contribution < -0.4 is 20.3 Å². The molecule has 0 amide bonds. The fourth-order valence-electron chi connectivity index (χ4n) is 4.33. The van der Waals surface area contributed by atoms with E-state index in [-0.39, 0.29) is 0 Å². The van der Waals surface area contributed by atoms with Crippen molar-refractivity contribution in [3.05, 3.63) is 67.5 Å². The average Bonchev–Trinajstić information content (AvgIpc) is 3.30. The van der Waals surface area contributed by atoms with Gasteiger partial charge < -0.3 is 34.8 Å². The summed E-state index contributed by atoms with van der Waals surface area (Å²) in [6.45, 7) is 5.79. The number of para-hydroxylation sites is 1. The molecule has 0 fully saturated rings. The fraction of sp³-hybridized carbons (Fsp3) is 0.267. The second kappa shape index (κ2) is 12.3. The van der Waals surface area contributed by atoms with Gasteiger partial charge in [0.1, 0.15) is 12.0 Å². The van der Waals surface area contributed by atoms with Crippen molar-refractivity contribution < 1.29 is 9.84 Å². The normalized spacial score (nSPS) is 11.7. The van der Waals surface area contributed by atoms with Gasteiger partial charge in [-0.05, 0) is 38.4 Å². The molecule has 0 aliphatic heterocycles. The predicted octanol–water partition coefficient (Wildman–Crippen LogP) is 4.40. The molecule has 0 saturated carbocycles. The lowest BCUT2D eigenvalue weighted by molar-refractivity contribution is 0.253. The molecule has 0 aliphatic rings. The molecular weight excluding hydrogens is 490 g/mol. The van der Waals surface area contributed by atoms with E-state index in [4.69, 9.17) is 16.1 Å². The zero-order valence-corrected chi connectivity index (χ0v) is 22.8. The molecule has 3 N–H and O–H groups in total. The van der Waals surface area contributed by atoms with E-state index in [0.717, 1.165) is 40.9 Å². The van der Waals surface area contributed by atoms with Crippen molar-refractivity contribution in [1.29, 1.82) is 0 Å². The molecule has 0 spiro atoms. The Hall–Kier alpha value is -4.52. The van der Waals surface area contributed by atoms with Gasteiger partial charge in [0.25, 0.3) is 0 Å². The highest BCUT2D eigenvalue weighted by molar-refractivity contribution is 5.95. The summed E-state index contributed by atoms with van der Waals surface area (Å²) in [5.74, 6) is 3.73. The van der Waals surface area contributed by atoms with Gasteiger partial charge in [-0.2, -0.15) is 0 Å². The number of aliphatic hydroxyl groups is 1. The zero-order chi connectivity index (χ0) is 27.9. The van der Waals surface area contributed by atoms with Crippen molar-refractivity contribution in [3.63, 3.8) is 0 Å². The van der Waals surface area contributed by atoms with Crippen LogP contribution in [-0.4, -0.2) is 72.1 Å². The summed E-state index contributed by atoms with van der Waals surface area (Å²) < 4.78 is 7.77. The minimum atomic E-state index is -0.924. The number of aliphatic hydroxyl groups excluding tert-OH is 1. The molecular formula is C30H35N7O2. The molecule has 4 aromatic rings. The van der Waals surface area contributed by atoms with E-state index < -0.39 is 6.23 Å². The maximum absolute atomic E-state index is 10.3. The van der Waals surface area contributed by atoms with Gasteiger partial charge in [-0.3, -0.25) is 0 Å². The number of hydrogen-bond donors (Lipinski definition) is 3. The lowest BCUT2D eigenvalue weighted by atomic mass is 10.1. The molecule has 202 valence electrons. The van der Waals surface area contributed by atoms with Crippen LogP contribution in [0.5, 0.6) is 5.75 Å². The quantitative estimate of drug-likeness (QED) is 0.143. The first kappa shape index (κ1) is 27.5. The topological polar surface area (TPSA) is 90.7 Å².